The number of benzene rings is 1. The number of fused-ring (bicyclic) bond motifs is 1. The number of nitrogen functional groups attached to an aromatic ring is 1. The van der Waals surface area contributed by atoms with E-state index in [-0.39, 0.29) is 0 Å². The van der Waals surface area contributed by atoms with Crippen LogP contribution < -0.4 is 10.6 Å². The lowest BCUT2D eigenvalue weighted by Gasteiger charge is -2.33. The second-order valence-electron chi connectivity index (χ2n) is 5.70. The number of aromatic nitrogens is 1. The second-order valence-corrected chi connectivity index (χ2v) is 5.70. The number of hydrogen-bond donors (Lipinski definition) is 1. The Labute approximate surface area is 125 Å². The van der Waals surface area contributed by atoms with Crippen molar-refractivity contribution in [2.75, 3.05) is 30.3 Å². The lowest BCUT2D eigenvalue weighted by atomic mass is 10.1. The number of anilines is 2. The molecule has 0 aliphatic carbocycles. The fourth-order valence-electron chi connectivity index (χ4n) is 2.88. The monoisotopic (exact) mass is 285 g/mol. The van der Waals surface area contributed by atoms with Crippen LogP contribution >= 0.6 is 0 Å². The van der Waals surface area contributed by atoms with Crippen molar-refractivity contribution >= 4 is 22.4 Å². The zero-order valence-electron chi connectivity index (χ0n) is 12.6. The van der Waals surface area contributed by atoms with Crippen molar-refractivity contribution in [2.24, 2.45) is 0 Å². The van der Waals surface area contributed by atoms with Crippen LogP contribution in [0, 0.1) is 0 Å². The topological polar surface area (TPSA) is 51.4 Å². The first kappa shape index (κ1) is 14.1. The zero-order valence-corrected chi connectivity index (χ0v) is 12.6. The van der Waals surface area contributed by atoms with E-state index in [4.69, 9.17) is 15.5 Å². The van der Waals surface area contributed by atoms with E-state index in [0.29, 0.717) is 6.10 Å². The van der Waals surface area contributed by atoms with Gasteiger partial charge in [0.2, 0.25) is 0 Å². The molecule has 2 N–H and O–H groups in total. The Balaban J connectivity index is 1.77. The van der Waals surface area contributed by atoms with Gasteiger partial charge in [0.1, 0.15) is 5.82 Å². The first-order valence-electron chi connectivity index (χ1n) is 7.79. The summed E-state index contributed by atoms with van der Waals surface area (Å²) in [5, 5.41) is 1.09. The molecular weight excluding hydrogens is 262 g/mol. The maximum atomic E-state index is 5.90. The fraction of sp³-hybridized carbons (Fsp3) is 0.471. The quantitative estimate of drug-likeness (QED) is 0.876. The molecule has 2 aromatic rings. The third-order valence-electron chi connectivity index (χ3n) is 3.96. The Bertz CT molecular complexity index is 614. The minimum Gasteiger partial charge on any atom is -0.399 e. The fourth-order valence-corrected chi connectivity index (χ4v) is 2.88. The van der Waals surface area contributed by atoms with Crippen molar-refractivity contribution in [3.8, 4) is 0 Å². The Morgan fingerprint density at radius 2 is 2.24 bits per heavy atom. The predicted octanol–water partition coefficient (Wildman–Crippen LogP) is 3.21. The van der Waals surface area contributed by atoms with Gasteiger partial charge in [0.05, 0.1) is 11.6 Å². The van der Waals surface area contributed by atoms with Crippen LogP contribution in [-0.2, 0) is 4.74 Å². The highest BCUT2D eigenvalue weighted by Gasteiger charge is 2.21. The van der Waals surface area contributed by atoms with Crippen molar-refractivity contribution in [3.05, 3.63) is 30.3 Å². The summed E-state index contributed by atoms with van der Waals surface area (Å²) < 4.78 is 5.90. The van der Waals surface area contributed by atoms with Gasteiger partial charge >= 0.3 is 0 Å². The smallest absolute Gasteiger partial charge is 0.129 e. The van der Waals surface area contributed by atoms with E-state index in [2.05, 4.69) is 24.0 Å². The average Bonchev–Trinajstić information content (AvgIpc) is 2.52. The Kier molecular flexibility index (Phi) is 4.25. The number of hydrogen-bond acceptors (Lipinski definition) is 4. The van der Waals surface area contributed by atoms with Crippen molar-refractivity contribution in [1.82, 2.24) is 4.98 Å². The maximum absolute atomic E-state index is 5.90. The van der Waals surface area contributed by atoms with Crippen molar-refractivity contribution in [2.45, 2.75) is 32.3 Å². The molecule has 2 heterocycles. The Hall–Kier alpha value is -1.81. The maximum Gasteiger partial charge on any atom is 0.129 e. The molecule has 3 rings (SSSR count). The summed E-state index contributed by atoms with van der Waals surface area (Å²) in [4.78, 5) is 7.10. The molecule has 112 valence electrons. The highest BCUT2D eigenvalue weighted by molar-refractivity contribution is 5.83. The van der Waals surface area contributed by atoms with Crippen LogP contribution in [0.25, 0.3) is 10.9 Å². The van der Waals surface area contributed by atoms with Crippen LogP contribution in [0.2, 0.25) is 0 Å². The molecular formula is C17H23N3O. The molecule has 1 aliphatic rings. The molecule has 0 amide bonds. The van der Waals surface area contributed by atoms with Gasteiger partial charge in [-0.2, -0.15) is 0 Å². The summed E-state index contributed by atoms with van der Waals surface area (Å²) in [7, 11) is 0. The average molecular weight is 285 g/mol. The van der Waals surface area contributed by atoms with Crippen LogP contribution in [0.5, 0.6) is 0 Å². The lowest BCUT2D eigenvalue weighted by Crippen LogP contribution is -2.40. The molecule has 1 unspecified atom stereocenters. The largest absolute Gasteiger partial charge is 0.399 e. The summed E-state index contributed by atoms with van der Waals surface area (Å²) in [6.07, 6.45) is 3.73. The Morgan fingerprint density at radius 3 is 3.10 bits per heavy atom. The summed E-state index contributed by atoms with van der Waals surface area (Å²) in [5.74, 6) is 1.04. The van der Waals surface area contributed by atoms with E-state index in [1.807, 2.05) is 18.2 Å². The molecule has 21 heavy (non-hydrogen) atoms. The number of ether oxygens (including phenoxy) is 1. The third-order valence-corrected chi connectivity index (χ3v) is 3.96. The van der Waals surface area contributed by atoms with Crippen molar-refractivity contribution in [3.63, 3.8) is 0 Å². The van der Waals surface area contributed by atoms with Gasteiger partial charge in [-0.25, -0.2) is 4.98 Å². The number of piperidine rings is 1. The molecule has 4 nitrogen and oxygen atoms in total. The van der Waals surface area contributed by atoms with Gasteiger partial charge in [0.15, 0.2) is 0 Å². The highest BCUT2D eigenvalue weighted by Crippen LogP contribution is 2.23. The minimum absolute atomic E-state index is 0.336. The molecule has 4 heteroatoms. The second kappa shape index (κ2) is 6.31. The van der Waals surface area contributed by atoms with Gasteiger partial charge in [-0.15, -0.1) is 0 Å². The number of rotatable bonds is 4. The molecule has 0 bridgehead atoms. The van der Waals surface area contributed by atoms with Crippen LogP contribution in [0.15, 0.2) is 30.3 Å². The summed E-state index contributed by atoms with van der Waals surface area (Å²) in [5.41, 5.74) is 7.59. The first-order valence-corrected chi connectivity index (χ1v) is 7.79. The molecule has 0 saturated carbocycles. The van der Waals surface area contributed by atoms with Gasteiger partial charge < -0.3 is 15.4 Å². The third kappa shape index (κ3) is 3.27. The molecule has 0 radical (unpaired) electrons. The van der Waals surface area contributed by atoms with Crippen molar-refractivity contribution in [1.29, 1.82) is 0 Å². The van der Waals surface area contributed by atoms with Crippen LogP contribution in [0.4, 0.5) is 11.5 Å². The van der Waals surface area contributed by atoms with E-state index >= 15 is 0 Å². The molecule has 1 aromatic carbocycles. The zero-order chi connectivity index (χ0) is 14.7. The summed E-state index contributed by atoms with van der Waals surface area (Å²) >= 11 is 0. The van der Waals surface area contributed by atoms with E-state index in [9.17, 15) is 0 Å². The van der Waals surface area contributed by atoms with Gasteiger partial charge in [-0.1, -0.05) is 6.92 Å². The van der Waals surface area contributed by atoms with Gasteiger partial charge in [0, 0.05) is 30.8 Å². The van der Waals surface area contributed by atoms with Gasteiger partial charge in [0.25, 0.3) is 0 Å². The standard InChI is InChI=1S/C17H23N3O/c1-2-10-21-15-4-3-9-20(12-15)17-8-5-13-11-14(18)6-7-16(13)19-17/h5-8,11,15H,2-4,9-10,12,18H2,1H3. The van der Waals surface area contributed by atoms with Crippen molar-refractivity contribution < 1.29 is 4.74 Å². The van der Waals surface area contributed by atoms with Crippen LogP contribution in [0.3, 0.4) is 0 Å². The van der Waals surface area contributed by atoms with Gasteiger partial charge in [-0.3, -0.25) is 0 Å². The molecule has 1 saturated heterocycles. The molecule has 1 fully saturated rings. The molecule has 0 spiro atoms. The van der Waals surface area contributed by atoms with E-state index in [1.54, 1.807) is 0 Å². The molecule has 1 aliphatic heterocycles. The highest BCUT2D eigenvalue weighted by atomic mass is 16.5. The molecule has 1 atom stereocenters. The summed E-state index contributed by atoms with van der Waals surface area (Å²) in [6.45, 7) is 4.99. The first-order chi connectivity index (χ1) is 10.3. The van der Waals surface area contributed by atoms with E-state index in [1.165, 1.54) is 0 Å². The number of nitrogens with zero attached hydrogens (tertiary/aromatic N) is 2. The number of nitrogens with two attached hydrogens (primary N) is 1. The molecule has 1 aromatic heterocycles. The van der Waals surface area contributed by atoms with E-state index < -0.39 is 0 Å². The summed E-state index contributed by atoms with van der Waals surface area (Å²) in [6, 6.07) is 10.1. The minimum atomic E-state index is 0.336. The van der Waals surface area contributed by atoms with Gasteiger partial charge in [-0.05, 0) is 49.6 Å². The van der Waals surface area contributed by atoms with Crippen LogP contribution in [0.1, 0.15) is 26.2 Å². The lowest BCUT2D eigenvalue weighted by molar-refractivity contribution is 0.0439. The Morgan fingerprint density at radius 1 is 1.33 bits per heavy atom. The number of pyridine rings is 1. The SMILES string of the molecule is CCCOC1CCCN(c2ccc3cc(N)ccc3n2)C1. The predicted molar refractivity (Wildman–Crippen MR) is 87.6 cm³/mol. The van der Waals surface area contributed by atoms with E-state index in [0.717, 1.165) is 61.4 Å². The normalized spacial score (nSPS) is 19.1. The van der Waals surface area contributed by atoms with Crippen LogP contribution in [-0.4, -0.2) is 30.8 Å².